The van der Waals surface area contributed by atoms with Gasteiger partial charge in [-0.05, 0) is 49.6 Å². The lowest BCUT2D eigenvalue weighted by Crippen LogP contribution is -2.06. The zero-order chi connectivity index (χ0) is 23.8. The molecular weight excluding hydrogens is 416 g/mol. The van der Waals surface area contributed by atoms with Gasteiger partial charge in [0, 0.05) is 25.4 Å². The van der Waals surface area contributed by atoms with Crippen molar-refractivity contribution in [1.29, 1.82) is 0 Å². The Hall–Kier alpha value is -3.91. The van der Waals surface area contributed by atoms with Crippen LogP contribution >= 0.6 is 0 Å². The van der Waals surface area contributed by atoms with E-state index >= 15 is 0 Å². The molecule has 4 aromatic rings. The van der Waals surface area contributed by atoms with E-state index in [-0.39, 0.29) is 5.56 Å². The Morgan fingerprint density at radius 1 is 1.00 bits per heavy atom. The Kier molecular flexibility index (Phi) is 7.99. The van der Waals surface area contributed by atoms with Crippen molar-refractivity contribution in [1.82, 2.24) is 24.7 Å². The molecule has 4 rings (SSSR count). The number of nitrogens with two attached hydrogens (primary N) is 1. The number of carboxylic acid groups (broad SMARTS) is 1. The van der Waals surface area contributed by atoms with Crippen molar-refractivity contribution in [3.8, 4) is 16.8 Å². The Labute approximate surface area is 193 Å². The second-order valence-electron chi connectivity index (χ2n) is 7.63. The number of aromatic carboxylic acids is 1. The molecule has 0 atom stereocenters. The molecule has 0 amide bonds. The fourth-order valence-electron chi connectivity index (χ4n) is 3.17. The molecule has 2 aromatic carbocycles. The Bertz CT molecular complexity index is 1200. The summed E-state index contributed by atoms with van der Waals surface area (Å²) in [6.07, 6.45) is 6.64. The average Bonchev–Trinajstić information content (AvgIpc) is 3.29. The van der Waals surface area contributed by atoms with Gasteiger partial charge in [-0.25, -0.2) is 14.5 Å². The van der Waals surface area contributed by atoms with Gasteiger partial charge in [0.2, 0.25) is 0 Å². The molecule has 2 aromatic heterocycles. The van der Waals surface area contributed by atoms with E-state index in [2.05, 4.69) is 27.0 Å². The summed E-state index contributed by atoms with van der Waals surface area (Å²) in [6.45, 7) is 6.46. The van der Waals surface area contributed by atoms with E-state index in [9.17, 15) is 9.90 Å². The van der Waals surface area contributed by atoms with Gasteiger partial charge < -0.3 is 10.8 Å². The monoisotopic (exact) mass is 444 g/mol. The van der Waals surface area contributed by atoms with Gasteiger partial charge in [0.15, 0.2) is 0 Å². The molecule has 0 radical (unpaired) electrons. The van der Waals surface area contributed by atoms with Crippen molar-refractivity contribution >= 4 is 5.97 Å². The van der Waals surface area contributed by atoms with Crippen LogP contribution in [0.2, 0.25) is 0 Å². The van der Waals surface area contributed by atoms with Crippen LogP contribution in [0.3, 0.4) is 0 Å². The summed E-state index contributed by atoms with van der Waals surface area (Å²) in [5.74, 6) is -0.128. The summed E-state index contributed by atoms with van der Waals surface area (Å²) >= 11 is 0. The van der Waals surface area contributed by atoms with Crippen LogP contribution in [0.4, 0.5) is 0 Å². The first-order chi connectivity index (χ1) is 15.9. The molecular formula is C25H28N6O2. The van der Waals surface area contributed by atoms with Crippen LogP contribution in [0.15, 0.2) is 61.2 Å². The highest BCUT2D eigenvalue weighted by Gasteiger charge is 2.12. The van der Waals surface area contributed by atoms with Crippen LogP contribution in [0, 0.1) is 13.8 Å². The largest absolute Gasteiger partial charge is 0.478 e. The molecule has 170 valence electrons. The van der Waals surface area contributed by atoms with Gasteiger partial charge in [-0.1, -0.05) is 36.8 Å². The first kappa shape index (κ1) is 23.7. The fraction of sp³-hybridized carbons (Fsp3) is 0.240. The summed E-state index contributed by atoms with van der Waals surface area (Å²) < 4.78 is 1.72. The number of carbonyl (C=O) groups is 1. The number of hydrogen-bond donors (Lipinski definition) is 2. The molecule has 0 fully saturated rings. The molecule has 0 bridgehead atoms. The minimum Gasteiger partial charge on any atom is -0.478 e. The number of aryl methyl sites for hydroxylation is 3. The molecule has 3 N–H and O–H groups in total. The Morgan fingerprint density at radius 2 is 1.76 bits per heavy atom. The van der Waals surface area contributed by atoms with E-state index in [0.29, 0.717) is 12.2 Å². The summed E-state index contributed by atoms with van der Waals surface area (Å²) in [5, 5.41) is 13.7. The zero-order valence-corrected chi connectivity index (χ0v) is 19.1. The predicted molar refractivity (Wildman–Crippen MR) is 127 cm³/mol. The quantitative estimate of drug-likeness (QED) is 0.459. The predicted octanol–water partition coefficient (Wildman–Crippen LogP) is 4.14. The fourth-order valence-corrected chi connectivity index (χ4v) is 3.17. The second kappa shape index (κ2) is 11.1. The van der Waals surface area contributed by atoms with Gasteiger partial charge in [0.05, 0.1) is 22.6 Å². The summed E-state index contributed by atoms with van der Waals surface area (Å²) in [5.41, 5.74) is 11.0. The molecule has 0 aliphatic rings. The molecule has 8 nitrogen and oxygen atoms in total. The van der Waals surface area contributed by atoms with E-state index in [4.69, 9.17) is 5.73 Å². The maximum Gasteiger partial charge on any atom is 0.335 e. The highest BCUT2D eigenvalue weighted by molar-refractivity contribution is 5.90. The van der Waals surface area contributed by atoms with Crippen LogP contribution in [0.25, 0.3) is 16.8 Å². The Balaban J connectivity index is 0.000000286. The molecule has 0 aliphatic carbocycles. The molecule has 8 heteroatoms. The summed E-state index contributed by atoms with van der Waals surface area (Å²) in [6, 6.07) is 13.3. The molecule has 0 aliphatic heterocycles. The van der Waals surface area contributed by atoms with Crippen LogP contribution in [0.1, 0.15) is 46.5 Å². The lowest BCUT2D eigenvalue weighted by atomic mass is 10.0. The topological polar surface area (TPSA) is 120 Å². The third kappa shape index (κ3) is 6.30. The van der Waals surface area contributed by atoms with E-state index < -0.39 is 5.97 Å². The third-order valence-corrected chi connectivity index (χ3v) is 4.93. The van der Waals surface area contributed by atoms with E-state index in [1.165, 1.54) is 6.33 Å². The van der Waals surface area contributed by atoms with Gasteiger partial charge in [-0.15, -0.1) is 0 Å². The van der Waals surface area contributed by atoms with E-state index in [1.54, 1.807) is 29.2 Å². The van der Waals surface area contributed by atoms with Crippen molar-refractivity contribution in [2.75, 3.05) is 0 Å². The van der Waals surface area contributed by atoms with E-state index in [1.807, 2.05) is 44.2 Å². The number of benzene rings is 2. The minimum absolute atomic E-state index is 0.237. The maximum atomic E-state index is 11.5. The van der Waals surface area contributed by atoms with Gasteiger partial charge in [-0.2, -0.15) is 5.10 Å². The van der Waals surface area contributed by atoms with Gasteiger partial charge in [0.25, 0.3) is 0 Å². The number of hydrogen-bond acceptors (Lipinski definition) is 6. The second-order valence-corrected chi connectivity index (χ2v) is 7.63. The molecule has 0 spiro atoms. The Morgan fingerprint density at radius 3 is 2.36 bits per heavy atom. The lowest BCUT2D eigenvalue weighted by Gasteiger charge is -2.10. The smallest absolute Gasteiger partial charge is 0.335 e. The highest BCUT2D eigenvalue weighted by atomic mass is 16.4. The zero-order valence-electron chi connectivity index (χ0n) is 19.1. The molecule has 33 heavy (non-hydrogen) atoms. The standard InChI is InChI=1S/C19H19N3O2.C6H9N3/c1-3-4-18-20-12-21-22(18)17-10-15(9-16(11-17)19(23)24)14-7-5-13(2)6-8-14;1-5-3-9-6(2-7)4-8-5/h5-12H,3-4H2,1-2H3,(H,23,24);3-4H,2,7H2,1H3. The van der Waals surface area contributed by atoms with Crippen molar-refractivity contribution in [3.05, 3.63) is 89.5 Å². The number of nitrogens with zero attached hydrogens (tertiary/aromatic N) is 5. The molecule has 2 heterocycles. The molecule has 0 saturated carbocycles. The molecule has 0 unspecified atom stereocenters. The number of aromatic nitrogens is 5. The van der Waals surface area contributed by atoms with Gasteiger partial charge in [-0.3, -0.25) is 9.97 Å². The van der Waals surface area contributed by atoms with Gasteiger partial charge >= 0.3 is 5.97 Å². The first-order valence-corrected chi connectivity index (χ1v) is 10.7. The first-order valence-electron chi connectivity index (χ1n) is 10.7. The highest BCUT2D eigenvalue weighted by Crippen LogP contribution is 2.25. The van der Waals surface area contributed by atoms with E-state index in [0.717, 1.165) is 46.7 Å². The van der Waals surface area contributed by atoms with Crippen molar-refractivity contribution in [2.45, 2.75) is 40.2 Å². The number of carboxylic acids is 1. The minimum atomic E-state index is -0.956. The SMILES string of the molecule is CCCc1ncnn1-c1cc(C(=O)O)cc(-c2ccc(C)cc2)c1.Cc1cnc(CN)cn1. The lowest BCUT2D eigenvalue weighted by molar-refractivity contribution is 0.0697. The average molecular weight is 445 g/mol. The normalized spacial score (nSPS) is 10.4. The van der Waals surface area contributed by atoms with Crippen LogP contribution in [-0.4, -0.2) is 35.8 Å². The maximum absolute atomic E-state index is 11.5. The van der Waals surface area contributed by atoms with Crippen molar-refractivity contribution in [3.63, 3.8) is 0 Å². The van der Waals surface area contributed by atoms with Crippen molar-refractivity contribution in [2.24, 2.45) is 5.73 Å². The van der Waals surface area contributed by atoms with Crippen LogP contribution < -0.4 is 5.73 Å². The van der Waals surface area contributed by atoms with Crippen LogP contribution in [-0.2, 0) is 13.0 Å². The summed E-state index contributed by atoms with van der Waals surface area (Å²) in [4.78, 5) is 23.8. The molecule has 0 saturated heterocycles. The summed E-state index contributed by atoms with van der Waals surface area (Å²) in [7, 11) is 0. The third-order valence-electron chi connectivity index (χ3n) is 4.93. The van der Waals surface area contributed by atoms with Crippen LogP contribution in [0.5, 0.6) is 0 Å². The van der Waals surface area contributed by atoms with Crippen molar-refractivity contribution < 1.29 is 9.90 Å². The number of rotatable bonds is 6. The van der Waals surface area contributed by atoms with Gasteiger partial charge in [0.1, 0.15) is 12.2 Å².